The zero-order valence-electron chi connectivity index (χ0n) is 21.4. The second-order valence-corrected chi connectivity index (χ2v) is 14.0. The van der Waals surface area contributed by atoms with Crippen molar-refractivity contribution in [2.45, 2.75) is 54.4 Å². The number of aliphatic hydroxyl groups is 5. The van der Waals surface area contributed by atoms with Gasteiger partial charge in [0.2, 0.25) is 0 Å². The molecule has 13 atom stereocenters. The molecule has 1 saturated carbocycles. The summed E-state index contributed by atoms with van der Waals surface area (Å²) >= 11 is 4.71. The fraction of sp³-hybridized carbons (Fsp3) is 0.684. The number of azide groups is 1. The molecule has 0 bridgehead atoms. The molecule has 20 nitrogen and oxygen atoms in total. The Morgan fingerprint density at radius 1 is 1.35 bits per heavy atom. The van der Waals surface area contributed by atoms with E-state index in [0.717, 1.165) is 22.9 Å². The number of ether oxygens (including phenoxy) is 2. The molecule has 4 rings (SSSR count). The molecule has 1 aliphatic carbocycles. The molecule has 3 fully saturated rings. The van der Waals surface area contributed by atoms with Gasteiger partial charge in [-0.25, -0.2) is 18.1 Å². The third kappa shape index (κ3) is 6.03. The monoisotopic (exact) mass is 677 g/mol. The number of hydrogen-bond donors (Lipinski definition) is 8. The molecular weight excluding hydrogens is 651 g/mol. The van der Waals surface area contributed by atoms with Gasteiger partial charge in [0.25, 0.3) is 5.56 Å². The van der Waals surface area contributed by atoms with Gasteiger partial charge in [0.1, 0.15) is 23.9 Å². The van der Waals surface area contributed by atoms with E-state index in [1.165, 1.54) is 0 Å². The van der Waals surface area contributed by atoms with Crippen LogP contribution in [0.15, 0.2) is 39.6 Å². The van der Waals surface area contributed by atoms with E-state index >= 15 is 0 Å². The number of nitrogens with one attached hydrogen (secondary N) is 1. The standard InChI is InChI=1S/C19H26FN5O15P2S/c1-2-18(23-24-21)14(30)8(37-16(18)25-4-3-9(27)22-17(25)31)6-36-42(35,43)40-41(33,34)39-15-11-13(29)12(28)10(7(20)5-26)19(11,32)38-15/h2-4,7-8,10-16,26,28-30,32H,1,5-6H2,(H,33,34)(H,35,43)(H,22,27,31)/t7-,8+,10?,11?,12?,13?,14+,15?,16+,18+,19?,42?/m0/s1. The fourth-order valence-corrected chi connectivity index (χ4v) is 8.35. The molecule has 8 unspecified atom stereocenters. The zero-order valence-corrected chi connectivity index (χ0v) is 24.0. The maximum atomic E-state index is 14.1. The van der Waals surface area contributed by atoms with E-state index in [2.05, 4.69) is 20.9 Å². The second-order valence-electron chi connectivity index (χ2n) is 9.66. The van der Waals surface area contributed by atoms with Gasteiger partial charge in [-0.05, 0) is 17.3 Å². The number of fused-ring (bicyclic) bond motifs is 1. The van der Waals surface area contributed by atoms with Gasteiger partial charge in [-0.15, -0.1) is 6.58 Å². The topological polar surface area (TPSA) is 308 Å². The molecule has 24 heteroatoms. The number of aromatic amines is 1. The van der Waals surface area contributed by atoms with E-state index in [9.17, 15) is 48.8 Å². The quantitative estimate of drug-likeness (QED) is 0.0380. The van der Waals surface area contributed by atoms with Gasteiger partial charge in [-0.3, -0.25) is 18.9 Å². The Hall–Kier alpha value is -1.94. The van der Waals surface area contributed by atoms with Crippen molar-refractivity contribution in [3.05, 3.63) is 56.2 Å². The summed E-state index contributed by atoms with van der Waals surface area (Å²) in [6.45, 7) is -3.34. The number of phosphoric ester groups is 1. The SMILES string of the molecule is C=C[C@@]1(N=[N+]=[N-])[C@H](O)[C@@H](COP(O)(=S)OP(=O)(O)OC2OC3(O)C2C(O)C(O)C3[C@@H](F)CO)O[C@H]1n1ccc(=O)[nH]c1=O. The minimum Gasteiger partial charge on any atom is -0.393 e. The number of aromatic nitrogens is 2. The van der Waals surface area contributed by atoms with Crippen LogP contribution in [-0.2, 0) is 39.2 Å². The maximum Gasteiger partial charge on any atom is 0.481 e. The third-order valence-corrected chi connectivity index (χ3v) is 10.7. The summed E-state index contributed by atoms with van der Waals surface area (Å²) in [5.41, 5.74) is 5.22. The Morgan fingerprint density at radius 3 is 2.60 bits per heavy atom. The fourth-order valence-electron chi connectivity index (χ4n) is 5.25. The maximum absolute atomic E-state index is 14.1. The lowest BCUT2D eigenvalue weighted by atomic mass is 9.87. The molecule has 2 saturated heterocycles. The Kier molecular flexibility index (Phi) is 9.55. The minimum absolute atomic E-state index is 0.770. The molecule has 0 aromatic carbocycles. The van der Waals surface area contributed by atoms with E-state index in [-0.39, 0.29) is 0 Å². The molecule has 1 aromatic rings. The average Bonchev–Trinajstić information content (AvgIpc) is 3.25. The summed E-state index contributed by atoms with van der Waals surface area (Å²) in [5, 5.41) is 54.2. The van der Waals surface area contributed by atoms with Crippen LogP contribution in [0.3, 0.4) is 0 Å². The lowest BCUT2D eigenvalue weighted by Crippen LogP contribution is -2.64. The molecule has 3 aliphatic rings. The highest BCUT2D eigenvalue weighted by Crippen LogP contribution is 2.65. The van der Waals surface area contributed by atoms with Crippen LogP contribution in [-0.4, -0.2) is 106 Å². The number of phosphoric acid groups is 1. The predicted octanol–water partition coefficient (Wildman–Crippen LogP) is -2.26. The van der Waals surface area contributed by atoms with Gasteiger partial charge < -0.3 is 49.3 Å². The summed E-state index contributed by atoms with van der Waals surface area (Å²) in [5.74, 6) is -6.13. The van der Waals surface area contributed by atoms with Crippen LogP contribution in [0.25, 0.3) is 10.4 Å². The van der Waals surface area contributed by atoms with E-state index in [4.69, 9.17) is 41.0 Å². The van der Waals surface area contributed by atoms with Crippen LogP contribution < -0.4 is 11.2 Å². The number of H-pyrrole nitrogens is 1. The van der Waals surface area contributed by atoms with Gasteiger partial charge in [-0.1, -0.05) is 11.2 Å². The predicted molar refractivity (Wildman–Crippen MR) is 139 cm³/mol. The first-order chi connectivity index (χ1) is 20.0. The van der Waals surface area contributed by atoms with Gasteiger partial charge >= 0.3 is 20.2 Å². The second kappa shape index (κ2) is 12.1. The average molecular weight is 677 g/mol. The Labute approximate surface area is 244 Å². The number of hydrogen-bond acceptors (Lipinski definition) is 15. The summed E-state index contributed by atoms with van der Waals surface area (Å²) in [6.07, 6.45) is -11.2. The van der Waals surface area contributed by atoms with Crippen LogP contribution in [0, 0.1) is 11.8 Å². The van der Waals surface area contributed by atoms with Crippen LogP contribution in [0.5, 0.6) is 0 Å². The molecule has 1 aromatic heterocycles. The summed E-state index contributed by atoms with van der Waals surface area (Å²) in [4.78, 5) is 48.9. The van der Waals surface area contributed by atoms with Gasteiger partial charge in [0, 0.05) is 17.2 Å². The van der Waals surface area contributed by atoms with E-state index in [1.807, 2.05) is 4.98 Å². The molecular formula is C19H26FN5O15P2S. The van der Waals surface area contributed by atoms with Crippen molar-refractivity contribution in [1.29, 1.82) is 0 Å². The first-order valence-electron chi connectivity index (χ1n) is 12.0. The first kappa shape index (κ1) is 33.9. The Morgan fingerprint density at radius 2 is 2.02 bits per heavy atom. The zero-order chi connectivity index (χ0) is 32.1. The van der Waals surface area contributed by atoms with Crippen molar-refractivity contribution >= 4 is 26.3 Å². The highest BCUT2D eigenvalue weighted by atomic mass is 32.5. The van der Waals surface area contributed by atoms with Gasteiger partial charge in [-0.2, -0.15) is 0 Å². The van der Waals surface area contributed by atoms with E-state index in [0.29, 0.717) is 0 Å². The van der Waals surface area contributed by atoms with Crippen molar-refractivity contribution < 1.29 is 67.1 Å². The number of alkyl halides is 1. The summed E-state index contributed by atoms with van der Waals surface area (Å²) in [7, 11) is -5.47. The molecule has 0 radical (unpaired) electrons. The molecule has 8 N–H and O–H groups in total. The molecule has 0 spiro atoms. The van der Waals surface area contributed by atoms with Crippen LogP contribution in [0.4, 0.5) is 4.39 Å². The van der Waals surface area contributed by atoms with Crippen LogP contribution in [0.1, 0.15) is 6.23 Å². The van der Waals surface area contributed by atoms with Crippen LogP contribution >= 0.6 is 14.5 Å². The lowest BCUT2D eigenvalue weighted by Gasteiger charge is -2.49. The van der Waals surface area contributed by atoms with Crippen molar-refractivity contribution in [2.24, 2.45) is 17.0 Å². The van der Waals surface area contributed by atoms with Crippen molar-refractivity contribution in [3.8, 4) is 0 Å². The Bertz CT molecular complexity index is 1510. The molecule has 43 heavy (non-hydrogen) atoms. The van der Waals surface area contributed by atoms with Gasteiger partial charge in [0.15, 0.2) is 18.3 Å². The summed E-state index contributed by atoms with van der Waals surface area (Å²) < 4.78 is 52.2. The lowest BCUT2D eigenvalue weighted by molar-refractivity contribution is -0.426. The highest BCUT2D eigenvalue weighted by molar-refractivity contribution is 8.08. The van der Waals surface area contributed by atoms with Gasteiger partial charge in [0.05, 0.1) is 37.3 Å². The number of aliphatic hydroxyl groups excluding tert-OH is 4. The smallest absolute Gasteiger partial charge is 0.393 e. The third-order valence-electron chi connectivity index (χ3n) is 7.22. The molecule has 3 heterocycles. The minimum atomic E-state index is -5.47. The normalized spacial score (nSPS) is 40.4. The van der Waals surface area contributed by atoms with Crippen molar-refractivity contribution in [1.82, 2.24) is 9.55 Å². The molecule has 2 aliphatic heterocycles. The van der Waals surface area contributed by atoms with Crippen LogP contribution in [0.2, 0.25) is 0 Å². The van der Waals surface area contributed by atoms with E-state index in [1.54, 1.807) is 0 Å². The number of rotatable bonds is 12. The largest absolute Gasteiger partial charge is 0.481 e. The molecule has 240 valence electrons. The number of halogens is 1. The van der Waals surface area contributed by atoms with Crippen molar-refractivity contribution in [2.75, 3.05) is 13.2 Å². The van der Waals surface area contributed by atoms with Crippen molar-refractivity contribution in [3.63, 3.8) is 0 Å². The summed E-state index contributed by atoms with van der Waals surface area (Å²) in [6, 6.07) is 0.936. The Balaban J connectivity index is 1.45. The highest BCUT2D eigenvalue weighted by Gasteiger charge is 2.74. The van der Waals surface area contributed by atoms with E-state index < -0.39 is 105 Å². The first-order valence-corrected chi connectivity index (χ1v) is 16.1. The number of nitrogens with zero attached hydrogens (tertiary/aromatic N) is 4. The molecule has 0 amide bonds.